The van der Waals surface area contributed by atoms with E-state index in [1.54, 1.807) is 0 Å². The van der Waals surface area contributed by atoms with Gasteiger partial charge in [-0.2, -0.15) is 12.6 Å². The Kier molecular flexibility index (Phi) is 11.0. The van der Waals surface area contributed by atoms with Gasteiger partial charge in [-0.05, 0) is 19.9 Å². The van der Waals surface area contributed by atoms with Crippen LogP contribution in [0.15, 0.2) is 0 Å². The van der Waals surface area contributed by atoms with Gasteiger partial charge >= 0.3 is 0 Å². The van der Waals surface area contributed by atoms with E-state index in [2.05, 4.69) is 17.9 Å². The molecule has 0 saturated carbocycles. The van der Waals surface area contributed by atoms with Gasteiger partial charge in [0.2, 0.25) is 0 Å². The van der Waals surface area contributed by atoms with Gasteiger partial charge in [-0.3, -0.25) is 4.79 Å². The maximum atomic E-state index is 11.2. The molecule has 1 atom stereocenters. The molecule has 102 valence electrons. The van der Waals surface area contributed by atoms with Gasteiger partial charge in [0.15, 0.2) is 5.78 Å². The Bertz CT molecular complexity index is 198. The van der Waals surface area contributed by atoms with Crippen molar-refractivity contribution in [2.24, 2.45) is 5.92 Å². The lowest BCUT2D eigenvalue weighted by Crippen LogP contribution is -2.23. The van der Waals surface area contributed by atoms with E-state index >= 15 is 0 Å². The Morgan fingerprint density at radius 1 is 1.18 bits per heavy atom. The maximum absolute atomic E-state index is 11.2. The normalized spacial score (nSPS) is 13.0. The van der Waals surface area contributed by atoms with E-state index in [9.17, 15) is 4.79 Å². The molecule has 0 aliphatic heterocycles. The molecule has 0 aromatic carbocycles. The first-order valence-electron chi connectivity index (χ1n) is 6.13. The minimum Gasteiger partial charge on any atom is -0.379 e. The van der Waals surface area contributed by atoms with Crippen LogP contribution in [0.25, 0.3) is 0 Å². The van der Waals surface area contributed by atoms with Crippen molar-refractivity contribution in [3.05, 3.63) is 0 Å². The molecule has 5 heteroatoms. The third kappa shape index (κ3) is 12.2. The van der Waals surface area contributed by atoms with Crippen LogP contribution >= 0.6 is 12.6 Å². The second-order valence-electron chi connectivity index (χ2n) is 4.27. The third-order valence-electron chi connectivity index (χ3n) is 2.17. The smallest absolute Gasteiger partial charge is 0.160 e. The molecule has 0 aromatic heterocycles. The van der Waals surface area contributed by atoms with Crippen molar-refractivity contribution < 1.29 is 14.3 Å². The number of ether oxygens (including phenoxy) is 2. The third-order valence-corrected chi connectivity index (χ3v) is 2.35. The number of thiol groups is 1. The quantitative estimate of drug-likeness (QED) is 0.337. The van der Waals surface area contributed by atoms with E-state index < -0.39 is 0 Å². The van der Waals surface area contributed by atoms with E-state index in [0.29, 0.717) is 19.8 Å². The molecule has 0 saturated heterocycles. The van der Waals surface area contributed by atoms with Crippen molar-refractivity contribution in [1.82, 2.24) is 5.32 Å². The van der Waals surface area contributed by atoms with Gasteiger partial charge in [0.05, 0.1) is 13.2 Å². The summed E-state index contributed by atoms with van der Waals surface area (Å²) in [6, 6.07) is 0. The minimum atomic E-state index is 0.0465. The first kappa shape index (κ1) is 16.9. The molecule has 0 spiro atoms. The van der Waals surface area contributed by atoms with Crippen LogP contribution in [-0.2, 0) is 14.3 Å². The minimum absolute atomic E-state index is 0.0465. The summed E-state index contributed by atoms with van der Waals surface area (Å²) >= 11 is 4.20. The van der Waals surface area contributed by atoms with Gasteiger partial charge in [0.25, 0.3) is 0 Å². The second-order valence-corrected chi connectivity index (χ2v) is 5.04. The van der Waals surface area contributed by atoms with Gasteiger partial charge in [-0.25, -0.2) is 0 Å². The van der Waals surface area contributed by atoms with Gasteiger partial charge in [0, 0.05) is 17.9 Å². The van der Waals surface area contributed by atoms with Crippen LogP contribution in [0.4, 0.5) is 0 Å². The highest BCUT2D eigenvalue weighted by Crippen LogP contribution is 1.94. The van der Waals surface area contributed by atoms with Crippen LogP contribution < -0.4 is 5.32 Å². The van der Waals surface area contributed by atoms with Crippen molar-refractivity contribution in [2.45, 2.75) is 32.6 Å². The fraction of sp³-hybridized carbons (Fsp3) is 0.917. The number of Topliss-reactive ketones (excluding diaryl/α,β-unsaturated/α-hetero) is 1. The maximum Gasteiger partial charge on any atom is 0.160 e. The van der Waals surface area contributed by atoms with Crippen LogP contribution in [0.3, 0.4) is 0 Å². The first-order valence-corrected chi connectivity index (χ1v) is 6.65. The molecule has 1 unspecified atom stereocenters. The summed E-state index contributed by atoms with van der Waals surface area (Å²) in [6.45, 7) is 8.56. The van der Waals surface area contributed by atoms with E-state index in [0.717, 1.165) is 13.0 Å². The van der Waals surface area contributed by atoms with Crippen molar-refractivity contribution in [1.29, 1.82) is 0 Å². The topological polar surface area (TPSA) is 47.6 Å². The standard InChI is InChI=1S/C12H25NO3S/c1-10(2)12(14)9-16-8-7-15-6-4-5-13-11(3)17/h10-11,13,17H,4-9H2,1-3H3. The van der Waals surface area contributed by atoms with E-state index in [-0.39, 0.29) is 23.7 Å². The van der Waals surface area contributed by atoms with Gasteiger partial charge in [-0.1, -0.05) is 13.8 Å². The summed E-state index contributed by atoms with van der Waals surface area (Å²) in [4.78, 5) is 11.2. The zero-order valence-electron chi connectivity index (χ0n) is 11.1. The summed E-state index contributed by atoms with van der Waals surface area (Å²) in [5.74, 6) is 0.183. The SMILES string of the molecule is CC(S)NCCCOCCOCC(=O)C(C)C. The zero-order chi connectivity index (χ0) is 13.1. The number of hydrogen-bond acceptors (Lipinski definition) is 5. The van der Waals surface area contributed by atoms with Crippen LogP contribution in [-0.4, -0.2) is 44.1 Å². The van der Waals surface area contributed by atoms with Crippen molar-refractivity contribution in [3.63, 3.8) is 0 Å². The Hall–Kier alpha value is -0.100. The molecule has 0 radical (unpaired) electrons. The molecule has 0 bridgehead atoms. The summed E-state index contributed by atoms with van der Waals surface area (Å²) in [5, 5.41) is 3.41. The zero-order valence-corrected chi connectivity index (χ0v) is 12.0. The predicted molar refractivity (Wildman–Crippen MR) is 72.6 cm³/mol. The van der Waals surface area contributed by atoms with Crippen molar-refractivity contribution in [2.75, 3.05) is 33.0 Å². The van der Waals surface area contributed by atoms with Crippen LogP contribution in [0.2, 0.25) is 0 Å². The lowest BCUT2D eigenvalue weighted by atomic mass is 10.1. The fourth-order valence-electron chi connectivity index (χ4n) is 1.04. The first-order chi connectivity index (χ1) is 8.04. The average molecular weight is 263 g/mol. The average Bonchev–Trinajstić information content (AvgIpc) is 2.25. The number of carbonyl (C=O) groups excluding carboxylic acids is 1. The number of hydrogen-bond donors (Lipinski definition) is 2. The van der Waals surface area contributed by atoms with Gasteiger partial charge in [-0.15, -0.1) is 0 Å². The van der Waals surface area contributed by atoms with E-state index in [4.69, 9.17) is 9.47 Å². The monoisotopic (exact) mass is 263 g/mol. The van der Waals surface area contributed by atoms with Crippen LogP contribution in [0.5, 0.6) is 0 Å². The summed E-state index contributed by atoms with van der Waals surface area (Å²) < 4.78 is 10.6. The summed E-state index contributed by atoms with van der Waals surface area (Å²) in [5.41, 5.74) is 0. The highest BCUT2D eigenvalue weighted by Gasteiger charge is 2.06. The summed E-state index contributed by atoms with van der Waals surface area (Å²) in [7, 11) is 0. The summed E-state index contributed by atoms with van der Waals surface area (Å²) in [6.07, 6.45) is 0.954. The Morgan fingerprint density at radius 3 is 2.41 bits per heavy atom. The molecular weight excluding hydrogens is 238 g/mol. The number of carbonyl (C=O) groups is 1. The fourth-order valence-corrected chi connectivity index (χ4v) is 1.17. The van der Waals surface area contributed by atoms with Gasteiger partial charge in [0.1, 0.15) is 6.61 Å². The lowest BCUT2D eigenvalue weighted by Gasteiger charge is -2.08. The van der Waals surface area contributed by atoms with Gasteiger partial charge < -0.3 is 14.8 Å². The second kappa shape index (κ2) is 11.0. The highest BCUT2D eigenvalue weighted by atomic mass is 32.1. The Labute approximate surface area is 110 Å². The van der Waals surface area contributed by atoms with Crippen molar-refractivity contribution >= 4 is 18.4 Å². The Morgan fingerprint density at radius 2 is 1.82 bits per heavy atom. The number of ketones is 1. The van der Waals surface area contributed by atoms with Crippen LogP contribution in [0, 0.1) is 5.92 Å². The molecule has 0 fully saturated rings. The molecule has 0 amide bonds. The molecule has 0 aliphatic carbocycles. The molecule has 0 rings (SSSR count). The molecule has 1 N–H and O–H groups in total. The Balaban J connectivity index is 3.11. The largest absolute Gasteiger partial charge is 0.379 e. The predicted octanol–water partition coefficient (Wildman–Crippen LogP) is 1.50. The van der Waals surface area contributed by atoms with Crippen LogP contribution in [0.1, 0.15) is 27.2 Å². The molecule has 4 nitrogen and oxygen atoms in total. The number of nitrogens with one attached hydrogen (secondary N) is 1. The number of rotatable bonds is 11. The molecular formula is C12H25NO3S. The van der Waals surface area contributed by atoms with Crippen molar-refractivity contribution in [3.8, 4) is 0 Å². The molecule has 0 heterocycles. The lowest BCUT2D eigenvalue weighted by molar-refractivity contribution is -0.127. The molecule has 0 aromatic rings. The molecule has 17 heavy (non-hydrogen) atoms. The molecule has 0 aliphatic rings. The van der Waals surface area contributed by atoms with E-state index in [1.807, 2.05) is 20.8 Å². The highest BCUT2D eigenvalue weighted by molar-refractivity contribution is 7.80. The van der Waals surface area contributed by atoms with E-state index in [1.165, 1.54) is 0 Å².